The van der Waals surface area contributed by atoms with Gasteiger partial charge in [-0.2, -0.15) is 0 Å². The van der Waals surface area contributed by atoms with Gasteiger partial charge in [0, 0.05) is 0 Å². The van der Waals surface area contributed by atoms with Crippen LogP contribution in [-0.4, -0.2) is 12.6 Å². The predicted molar refractivity (Wildman–Crippen MR) is 53.3 cm³/mol. The maximum atomic E-state index is 11.4. The Labute approximate surface area is 84.6 Å². The summed E-state index contributed by atoms with van der Waals surface area (Å²) in [4.78, 5) is 14.7. The summed E-state index contributed by atoms with van der Waals surface area (Å²) in [5, 5.41) is 0. The summed E-state index contributed by atoms with van der Waals surface area (Å²) < 4.78 is 4.83. The Morgan fingerprint density at radius 3 is 2.86 bits per heavy atom. The molecule has 1 aliphatic rings. The van der Waals surface area contributed by atoms with Crippen molar-refractivity contribution in [2.75, 3.05) is 6.61 Å². The maximum absolute atomic E-state index is 11.4. The molecule has 1 unspecified atom stereocenters. The van der Waals surface area contributed by atoms with Crippen molar-refractivity contribution < 1.29 is 9.53 Å². The molecule has 1 fully saturated rings. The van der Waals surface area contributed by atoms with Gasteiger partial charge in [0.15, 0.2) is 0 Å². The van der Waals surface area contributed by atoms with E-state index in [0.717, 1.165) is 24.8 Å². The Kier molecular flexibility index (Phi) is 3.70. The molecule has 76 valence electrons. The van der Waals surface area contributed by atoms with Gasteiger partial charge >= 0.3 is 5.97 Å². The van der Waals surface area contributed by atoms with Crippen LogP contribution >= 0.6 is 0 Å². The predicted octanol–water partition coefficient (Wildman–Crippen LogP) is 2.54. The van der Waals surface area contributed by atoms with Gasteiger partial charge in [0.05, 0.1) is 13.2 Å². The van der Waals surface area contributed by atoms with Gasteiger partial charge < -0.3 is 4.74 Å². The van der Waals surface area contributed by atoms with E-state index in [4.69, 9.17) is 11.3 Å². The van der Waals surface area contributed by atoms with Crippen molar-refractivity contribution >= 4 is 5.97 Å². The molecule has 3 nitrogen and oxygen atoms in total. The number of allylic oxidation sites excluding steroid dienone is 1. The highest BCUT2D eigenvalue weighted by atomic mass is 16.5. The summed E-state index contributed by atoms with van der Waals surface area (Å²) in [6.07, 6.45) is 2.82. The highest BCUT2D eigenvalue weighted by molar-refractivity contribution is 5.91. The van der Waals surface area contributed by atoms with Crippen LogP contribution in [0, 0.1) is 12.5 Å². The van der Waals surface area contributed by atoms with Crippen molar-refractivity contribution in [3.8, 4) is 0 Å². The van der Waals surface area contributed by atoms with Crippen molar-refractivity contribution in [3.05, 3.63) is 22.7 Å². The van der Waals surface area contributed by atoms with Gasteiger partial charge in [-0.1, -0.05) is 12.5 Å². The summed E-state index contributed by atoms with van der Waals surface area (Å²) in [7, 11) is 0. The van der Waals surface area contributed by atoms with E-state index in [1.165, 1.54) is 0 Å². The smallest absolute Gasteiger partial charge is 0.336 e. The third kappa shape index (κ3) is 2.35. The molecule has 0 N–H and O–H groups in total. The number of rotatable bonds is 2. The number of hydrogen-bond acceptors (Lipinski definition) is 2. The lowest BCUT2D eigenvalue weighted by Gasteiger charge is -2.03. The van der Waals surface area contributed by atoms with Crippen molar-refractivity contribution in [2.45, 2.75) is 33.1 Å². The number of hydrogen-bond donors (Lipinski definition) is 0. The van der Waals surface area contributed by atoms with Crippen molar-refractivity contribution in [1.29, 1.82) is 0 Å². The van der Waals surface area contributed by atoms with Gasteiger partial charge in [-0.15, -0.1) is 0 Å². The number of carbonyl (C=O) groups excluding carboxylic acids is 1. The fourth-order valence-electron chi connectivity index (χ4n) is 1.73. The zero-order chi connectivity index (χ0) is 10.6. The van der Waals surface area contributed by atoms with Crippen molar-refractivity contribution in [3.63, 3.8) is 0 Å². The quantitative estimate of drug-likeness (QED) is 0.383. The molecular formula is C11H15NO2. The molecule has 0 aromatic rings. The van der Waals surface area contributed by atoms with Crippen LogP contribution in [0.25, 0.3) is 4.85 Å². The summed E-state index contributed by atoms with van der Waals surface area (Å²) in [6.45, 7) is 11.2. The summed E-state index contributed by atoms with van der Waals surface area (Å²) in [6, 6.07) is 0. The van der Waals surface area contributed by atoms with Crippen LogP contribution in [0.2, 0.25) is 0 Å². The second-order valence-corrected chi connectivity index (χ2v) is 3.63. The molecule has 14 heavy (non-hydrogen) atoms. The zero-order valence-electron chi connectivity index (χ0n) is 8.67. The van der Waals surface area contributed by atoms with E-state index in [-0.39, 0.29) is 5.70 Å². The lowest BCUT2D eigenvalue weighted by Crippen LogP contribution is -2.07. The van der Waals surface area contributed by atoms with Crippen LogP contribution in [0.1, 0.15) is 33.1 Å². The van der Waals surface area contributed by atoms with Crippen LogP contribution in [0.3, 0.4) is 0 Å². The first kappa shape index (κ1) is 10.8. The van der Waals surface area contributed by atoms with Gasteiger partial charge in [0.2, 0.25) is 0 Å². The van der Waals surface area contributed by atoms with Gasteiger partial charge in [-0.25, -0.2) is 4.85 Å². The monoisotopic (exact) mass is 193 g/mol. The second-order valence-electron chi connectivity index (χ2n) is 3.63. The molecule has 0 aliphatic heterocycles. The average molecular weight is 193 g/mol. The van der Waals surface area contributed by atoms with E-state index >= 15 is 0 Å². The summed E-state index contributed by atoms with van der Waals surface area (Å²) >= 11 is 0. The Morgan fingerprint density at radius 2 is 2.43 bits per heavy atom. The molecular weight excluding hydrogens is 178 g/mol. The van der Waals surface area contributed by atoms with Crippen LogP contribution in [0.4, 0.5) is 0 Å². The molecule has 0 aromatic heterocycles. The van der Waals surface area contributed by atoms with E-state index in [1.54, 1.807) is 6.92 Å². The molecule has 0 spiro atoms. The Hall–Kier alpha value is -1.30. The largest absolute Gasteiger partial charge is 0.471 e. The Bertz CT molecular complexity index is 299. The van der Waals surface area contributed by atoms with Crippen LogP contribution < -0.4 is 0 Å². The molecule has 1 aliphatic carbocycles. The van der Waals surface area contributed by atoms with Crippen LogP contribution in [0.15, 0.2) is 11.3 Å². The number of nitrogens with zero attached hydrogens (tertiary/aromatic N) is 1. The first-order valence-corrected chi connectivity index (χ1v) is 4.95. The number of esters is 1. The summed E-state index contributed by atoms with van der Waals surface area (Å²) in [5.74, 6) is 0.141. The van der Waals surface area contributed by atoms with Gasteiger partial charge in [0.25, 0.3) is 5.70 Å². The maximum Gasteiger partial charge on any atom is 0.336 e. The minimum absolute atomic E-state index is 0.219. The van der Waals surface area contributed by atoms with E-state index < -0.39 is 5.97 Å². The van der Waals surface area contributed by atoms with E-state index in [0.29, 0.717) is 12.5 Å². The molecule has 1 rings (SSSR count). The minimum Gasteiger partial charge on any atom is -0.471 e. The molecule has 3 heteroatoms. The van der Waals surface area contributed by atoms with Crippen LogP contribution in [0.5, 0.6) is 0 Å². The van der Waals surface area contributed by atoms with E-state index in [9.17, 15) is 4.79 Å². The first-order valence-electron chi connectivity index (χ1n) is 4.95. The molecule has 1 saturated carbocycles. The van der Waals surface area contributed by atoms with Crippen molar-refractivity contribution in [2.24, 2.45) is 5.92 Å². The van der Waals surface area contributed by atoms with Gasteiger partial charge in [0.1, 0.15) is 0 Å². The Morgan fingerprint density at radius 1 is 1.71 bits per heavy atom. The number of carbonyl (C=O) groups is 1. The molecule has 0 radical (unpaired) electrons. The first-order chi connectivity index (χ1) is 6.69. The Balaban J connectivity index is 2.80. The molecule has 1 atom stereocenters. The van der Waals surface area contributed by atoms with Gasteiger partial charge in [-0.3, -0.25) is 4.79 Å². The normalized spacial score (nSPS) is 24.2. The van der Waals surface area contributed by atoms with Crippen molar-refractivity contribution in [1.82, 2.24) is 0 Å². The minimum atomic E-state index is -0.452. The molecule has 0 amide bonds. The second kappa shape index (κ2) is 4.80. The third-order valence-electron chi connectivity index (χ3n) is 2.45. The van der Waals surface area contributed by atoms with E-state index in [2.05, 4.69) is 11.8 Å². The zero-order valence-corrected chi connectivity index (χ0v) is 8.67. The SMILES string of the molecule is [C-]#[N+]/C(C(=O)OCC)=C1\CCC(C)C1. The highest BCUT2D eigenvalue weighted by Gasteiger charge is 2.23. The summed E-state index contributed by atoms with van der Waals surface area (Å²) in [5.41, 5.74) is 1.20. The molecule has 0 heterocycles. The fourth-order valence-corrected chi connectivity index (χ4v) is 1.73. The lowest BCUT2D eigenvalue weighted by molar-refractivity contribution is -0.138. The van der Waals surface area contributed by atoms with Crippen LogP contribution in [-0.2, 0) is 9.53 Å². The molecule has 0 aromatic carbocycles. The fraction of sp³-hybridized carbons (Fsp3) is 0.636. The topological polar surface area (TPSA) is 30.7 Å². The van der Waals surface area contributed by atoms with Gasteiger partial charge in [-0.05, 0) is 32.1 Å². The average Bonchev–Trinajstić information content (AvgIpc) is 2.54. The third-order valence-corrected chi connectivity index (χ3v) is 2.45. The molecule has 0 bridgehead atoms. The van der Waals surface area contributed by atoms with E-state index in [1.807, 2.05) is 0 Å². The lowest BCUT2D eigenvalue weighted by atomic mass is 10.1. The molecule has 0 saturated heterocycles. The highest BCUT2D eigenvalue weighted by Crippen LogP contribution is 2.32. The number of ether oxygens (including phenoxy) is 1. The standard InChI is InChI=1S/C11H15NO2/c1-4-14-11(13)10(12-3)9-6-5-8(2)7-9/h8H,4-7H2,1-2H3/b10-9+.